The van der Waals surface area contributed by atoms with Gasteiger partial charge in [0.25, 0.3) is 5.91 Å². The summed E-state index contributed by atoms with van der Waals surface area (Å²) >= 11 is 0. The van der Waals surface area contributed by atoms with Crippen molar-refractivity contribution in [3.8, 4) is 0 Å². The third-order valence-corrected chi connectivity index (χ3v) is 4.57. The van der Waals surface area contributed by atoms with Crippen LogP contribution >= 0.6 is 0 Å². The topological polar surface area (TPSA) is 78.5 Å². The van der Waals surface area contributed by atoms with Crippen molar-refractivity contribution in [3.63, 3.8) is 0 Å². The van der Waals surface area contributed by atoms with Crippen LogP contribution in [-0.2, 0) is 22.6 Å². The Labute approximate surface area is 158 Å². The van der Waals surface area contributed by atoms with Gasteiger partial charge in [0, 0.05) is 19.5 Å². The molecule has 1 heterocycles. The van der Waals surface area contributed by atoms with Gasteiger partial charge in [-0.3, -0.25) is 14.5 Å². The molecule has 27 heavy (non-hydrogen) atoms. The number of nitrogens with one attached hydrogen (secondary N) is 2. The molecule has 3 rings (SSSR count). The second-order valence-corrected chi connectivity index (χ2v) is 6.53. The van der Waals surface area contributed by atoms with Gasteiger partial charge in [0.2, 0.25) is 5.91 Å². The van der Waals surface area contributed by atoms with Crippen molar-refractivity contribution in [1.82, 2.24) is 15.5 Å². The number of nitrogens with zero attached hydrogens (tertiary/aromatic N) is 1. The molecule has 0 spiro atoms. The first-order chi connectivity index (χ1) is 13.1. The lowest BCUT2D eigenvalue weighted by Crippen LogP contribution is -2.33. The van der Waals surface area contributed by atoms with E-state index in [1.165, 1.54) is 4.90 Å². The van der Waals surface area contributed by atoms with Crippen LogP contribution in [0, 0.1) is 0 Å². The minimum absolute atomic E-state index is 0.136. The fraction of sp³-hybridized carbons (Fsp3) is 0.286. The Kier molecular flexibility index (Phi) is 6.20. The molecule has 1 aliphatic rings. The standard InChI is InChI=1S/C21H23N3O3/c25-19(22-15-17-9-5-2-6-10-17)12-11-18-20(26)24(21(27)23-18)14-13-16-7-3-1-4-8-16/h1-10,18H,11-15H2,(H,22,25)(H,23,27)/t18-/m0/s1. The summed E-state index contributed by atoms with van der Waals surface area (Å²) in [5.74, 6) is -0.393. The monoisotopic (exact) mass is 365 g/mol. The molecule has 0 bridgehead atoms. The van der Waals surface area contributed by atoms with Crippen molar-refractivity contribution in [3.05, 3.63) is 71.8 Å². The van der Waals surface area contributed by atoms with E-state index in [-0.39, 0.29) is 24.3 Å². The SMILES string of the molecule is O=C(CC[C@@H]1NC(=O)N(CCc2ccccc2)C1=O)NCc1ccccc1. The highest BCUT2D eigenvalue weighted by Crippen LogP contribution is 2.13. The molecule has 1 fully saturated rings. The zero-order chi connectivity index (χ0) is 19.1. The van der Waals surface area contributed by atoms with Crippen LogP contribution in [0.1, 0.15) is 24.0 Å². The van der Waals surface area contributed by atoms with Crippen molar-refractivity contribution in [2.24, 2.45) is 0 Å². The van der Waals surface area contributed by atoms with Crippen molar-refractivity contribution < 1.29 is 14.4 Å². The van der Waals surface area contributed by atoms with Crippen LogP contribution in [0.5, 0.6) is 0 Å². The maximum absolute atomic E-state index is 12.4. The predicted octanol–water partition coefficient (Wildman–Crippen LogP) is 2.25. The highest BCUT2D eigenvalue weighted by Gasteiger charge is 2.37. The van der Waals surface area contributed by atoms with Crippen LogP contribution in [0.25, 0.3) is 0 Å². The van der Waals surface area contributed by atoms with E-state index in [1.807, 2.05) is 60.7 Å². The summed E-state index contributed by atoms with van der Waals surface area (Å²) in [4.78, 5) is 37.7. The molecule has 2 aromatic rings. The van der Waals surface area contributed by atoms with Crippen LogP contribution in [0.4, 0.5) is 4.79 Å². The number of urea groups is 1. The van der Waals surface area contributed by atoms with E-state index in [0.717, 1.165) is 11.1 Å². The number of rotatable bonds is 8. The molecule has 0 aromatic heterocycles. The maximum atomic E-state index is 12.4. The predicted molar refractivity (Wildman–Crippen MR) is 102 cm³/mol. The summed E-state index contributed by atoms with van der Waals surface area (Å²) < 4.78 is 0. The summed E-state index contributed by atoms with van der Waals surface area (Å²) in [6.07, 6.45) is 1.10. The molecule has 6 nitrogen and oxygen atoms in total. The zero-order valence-electron chi connectivity index (χ0n) is 15.1. The van der Waals surface area contributed by atoms with Gasteiger partial charge in [0.05, 0.1) is 0 Å². The highest BCUT2D eigenvalue weighted by molar-refractivity contribution is 6.04. The lowest BCUT2D eigenvalue weighted by molar-refractivity contribution is -0.127. The van der Waals surface area contributed by atoms with Crippen LogP contribution in [0.3, 0.4) is 0 Å². The van der Waals surface area contributed by atoms with Gasteiger partial charge in [-0.2, -0.15) is 0 Å². The van der Waals surface area contributed by atoms with E-state index in [9.17, 15) is 14.4 Å². The average molecular weight is 365 g/mol. The number of imide groups is 1. The first-order valence-corrected chi connectivity index (χ1v) is 9.10. The fourth-order valence-corrected chi connectivity index (χ4v) is 3.03. The molecule has 0 aliphatic carbocycles. The minimum Gasteiger partial charge on any atom is -0.352 e. The summed E-state index contributed by atoms with van der Waals surface area (Å²) in [5, 5.41) is 5.51. The molecule has 4 amide bonds. The van der Waals surface area contributed by atoms with E-state index in [0.29, 0.717) is 25.9 Å². The van der Waals surface area contributed by atoms with E-state index >= 15 is 0 Å². The number of benzene rings is 2. The maximum Gasteiger partial charge on any atom is 0.324 e. The summed E-state index contributed by atoms with van der Waals surface area (Å²) in [5.41, 5.74) is 2.09. The van der Waals surface area contributed by atoms with Gasteiger partial charge in [-0.05, 0) is 24.0 Å². The molecule has 0 unspecified atom stereocenters. The average Bonchev–Trinajstić information content (AvgIpc) is 2.97. The highest BCUT2D eigenvalue weighted by atomic mass is 16.2. The normalized spacial score (nSPS) is 16.3. The first-order valence-electron chi connectivity index (χ1n) is 9.10. The minimum atomic E-state index is -0.629. The quantitative estimate of drug-likeness (QED) is 0.704. The Morgan fingerprint density at radius 2 is 1.59 bits per heavy atom. The van der Waals surface area contributed by atoms with Gasteiger partial charge in [0.15, 0.2) is 0 Å². The Hall–Kier alpha value is -3.15. The van der Waals surface area contributed by atoms with Gasteiger partial charge < -0.3 is 10.6 Å². The molecule has 1 saturated heterocycles. The van der Waals surface area contributed by atoms with Crippen molar-refractivity contribution >= 4 is 17.8 Å². The lowest BCUT2D eigenvalue weighted by atomic mass is 10.1. The number of hydrogen-bond acceptors (Lipinski definition) is 3. The molecule has 140 valence electrons. The van der Waals surface area contributed by atoms with E-state index in [4.69, 9.17) is 0 Å². The third kappa shape index (κ3) is 5.17. The Morgan fingerprint density at radius 3 is 2.26 bits per heavy atom. The largest absolute Gasteiger partial charge is 0.352 e. The number of carbonyl (C=O) groups is 3. The second-order valence-electron chi connectivity index (χ2n) is 6.53. The van der Waals surface area contributed by atoms with Gasteiger partial charge in [-0.25, -0.2) is 4.79 Å². The van der Waals surface area contributed by atoms with E-state index in [1.54, 1.807) is 0 Å². The number of carbonyl (C=O) groups excluding carboxylic acids is 3. The van der Waals surface area contributed by atoms with Crippen molar-refractivity contribution in [2.45, 2.75) is 31.8 Å². The van der Waals surface area contributed by atoms with Gasteiger partial charge in [0.1, 0.15) is 6.04 Å². The van der Waals surface area contributed by atoms with Crippen molar-refractivity contribution in [2.75, 3.05) is 6.54 Å². The molecule has 1 aliphatic heterocycles. The molecule has 0 saturated carbocycles. The molecule has 2 N–H and O–H groups in total. The number of hydrogen-bond donors (Lipinski definition) is 2. The molecule has 0 radical (unpaired) electrons. The first kappa shape index (κ1) is 18.6. The summed E-state index contributed by atoms with van der Waals surface area (Å²) in [7, 11) is 0. The van der Waals surface area contributed by atoms with Gasteiger partial charge >= 0.3 is 6.03 Å². The Balaban J connectivity index is 1.43. The van der Waals surface area contributed by atoms with Gasteiger partial charge in [-0.15, -0.1) is 0 Å². The molecule has 1 atom stereocenters. The zero-order valence-corrected chi connectivity index (χ0v) is 15.1. The Morgan fingerprint density at radius 1 is 0.963 bits per heavy atom. The second kappa shape index (κ2) is 8.98. The molecular formula is C21H23N3O3. The molecular weight excluding hydrogens is 342 g/mol. The third-order valence-electron chi connectivity index (χ3n) is 4.57. The van der Waals surface area contributed by atoms with Crippen LogP contribution in [0.2, 0.25) is 0 Å². The van der Waals surface area contributed by atoms with Crippen LogP contribution < -0.4 is 10.6 Å². The molecule has 2 aromatic carbocycles. The summed E-state index contributed by atoms with van der Waals surface area (Å²) in [6, 6.07) is 18.3. The van der Waals surface area contributed by atoms with Gasteiger partial charge in [-0.1, -0.05) is 60.7 Å². The lowest BCUT2D eigenvalue weighted by Gasteiger charge is -2.13. The Bertz CT molecular complexity index is 793. The number of amides is 4. The fourth-order valence-electron chi connectivity index (χ4n) is 3.03. The molecule has 6 heteroatoms. The van der Waals surface area contributed by atoms with Crippen LogP contribution in [-0.4, -0.2) is 35.3 Å². The van der Waals surface area contributed by atoms with E-state index in [2.05, 4.69) is 10.6 Å². The van der Waals surface area contributed by atoms with Crippen LogP contribution in [0.15, 0.2) is 60.7 Å². The smallest absolute Gasteiger partial charge is 0.324 e. The van der Waals surface area contributed by atoms with Crippen molar-refractivity contribution in [1.29, 1.82) is 0 Å². The summed E-state index contributed by atoms with van der Waals surface area (Å²) in [6.45, 7) is 0.791. The van der Waals surface area contributed by atoms with E-state index < -0.39 is 6.04 Å².